The lowest BCUT2D eigenvalue weighted by atomic mass is 10.2. The highest BCUT2D eigenvalue weighted by atomic mass is 35.5. The summed E-state index contributed by atoms with van der Waals surface area (Å²) in [7, 11) is -4.07. The molecule has 2 aromatic carbocycles. The zero-order chi connectivity index (χ0) is 15.8. The Hall–Kier alpha value is -1.50. The highest BCUT2D eigenvalue weighted by molar-refractivity contribution is 7.93. The van der Waals surface area contributed by atoms with Crippen LogP contribution in [0.3, 0.4) is 0 Å². The number of nitrogens with one attached hydrogen (secondary N) is 1. The molecule has 0 radical (unpaired) electrons. The van der Waals surface area contributed by atoms with E-state index in [1.807, 2.05) is 0 Å². The van der Waals surface area contributed by atoms with Gasteiger partial charge in [-0.3, -0.25) is 4.72 Å². The van der Waals surface area contributed by atoms with Gasteiger partial charge in [-0.1, -0.05) is 29.3 Å². The molecule has 0 amide bonds. The fourth-order valence-electron chi connectivity index (χ4n) is 1.75. The number of anilines is 2. The molecule has 0 aromatic heterocycles. The molecule has 8 heteroatoms. The summed E-state index contributed by atoms with van der Waals surface area (Å²) in [5, 5.41) is -0.219. The Kier molecular flexibility index (Phi) is 4.32. The predicted molar refractivity (Wildman–Crippen MR) is 82.8 cm³/mol. The Morgan fingerprint density at radius 3 is 2.33 bits per heavy atom. The van der Waals surface area contributed by atoms with Crippen LogP contribution in [0, 0.1) is 12.7 Å². The molecule has 4 nitrogen and oxygen atoms in total. The first-order chi connectivity index (χ1) is 9.72. The first-order valence-corrected chi connectivity index (χ1v) is 7.99. The third kappa shape index (κ3) is 3.23. The molecule has 0 saturated heterocycles. The number of sulfonamides is 1. The minimum absolute atomic E-state index is 0.110. The largest absolute Gasteiger partial charge is 0.399 e. The Bertz CT molecular complexity index is 787. The standard InChI is InChI=1S/C13H11Cl2FN2O2S/c1-7-11(16)3-2-4-12(7)18-21(19,20)13-9(14)5-8(17)6-10(13)15/h2-6,18H,17H2,1H3. The Labute approximate surface area is 131 Å². The van der Waals surface area contributed by atoms with Gasteiger partial charge >= 0.3 is 0 Å². The molecular formula is C13H11Cl2FN2O2S. The van der Waals surface area contributed by atoms with Gasteiger partial charge < -0.3 is 5.73 Å². The van der Waals surface area contributed by atoms with E-state index < -0.39 is 15.8 Å². The van der Waals surface area contributed by atoms with E-state index in [9.17, 15) is 12.8 Å². The molecule has 0 aliphatic rings. The quantitative estimate of drug-likeness (QED) is 0.828. The van der Waals surface area contributed by atoms with Gasteiger partial charge in [0, 0.05) is 11.3 Å². The van der Waals surface area contributed by atoms with E-state index in [0.717, 1.165) is 0 Å². The molecule has 21 heavy (non-hydrogen) atoms. The fraction of sp³-hybridized carbons (Fsp3) is 0.0769. The predicted octanol–water partition coefficient (Wildman–Crippen LogP) is 3.82. The Morgan fingerprint density at radius 2 is 1.76 bits per heavy atom. The maximum absolute atomic E-state index is 13.5. The fourth-order valence-corrected chi connectivity index (χ4v) is 4.11. The first kappa shape index (κ1) is 15.9. The van der Waals surface area contributed by atoms with Gasteiger partial charge in [0.1, 0.15) is 10.7 Å². The van der Waals surface area contributed by atoms with Crippen LogP contribution >= 0.6 is 23.2 Å². The molecule has 0 heterocycles. The summed E-state index contributed by atoms with van der Waals surface area (Å²) in [5.74, 6) is -0.523. The molecule has 0 unspecified atom stereocenters. The number of hydrogen-bond donors (Lipinski definition) is 2. The summed E-state index contributed by atoms with van der Waals surface area (Å²) >= 11 is 11.8. The topological polar surface area (TPSA) is 72.2 Å². The SMILES string of the molecule is Cc1c(F)cccc1NS(=O)(=O)c1c(Cl)cc(N)cc1Cl. The normalized spacial score (nSPS) is 11.4. The minimum Gasteiger partial charge on any atom is -0.399 e. The third-order valence-corrected chi connectivity index (χ3v) is 5.09. The van der Waals surface area contributed by atoms with Crippen molar-refractivity contribution >= 4 is 44.6 Å². The molecule has 112 valence electrons. The van der Waals surface area contributed by atoms with Crippen LogP contribution in [0.4, 0.5) is 15.8 Å². The van der Waals surface area contributed by atoms with Crippen molar-refractivity contribution in [1.29, 1.82) is 0 Å². The van der Waals surface area contributed by atoms with Gasteiger partial charge in [0.15, 0.2) is 0 Å². The average molecular weight is 349 g/mol. The summed E-state index contributed by atoms with van der Waals surface area (Å²) in [6.07, 6.45) is 0. The summed E-state index contributed by atoms with van der Waals surface area (Å²) in [6, 6.07) is 6.62. The highest BCUT2D eigenvalue weighted by Gasteiger charge is 2.23. The highest BCUT2D eigenvalue weighted by Crippen LogP contribution is 2.33. The lowest BCUT2D eigenvalue weighted by Crippen LogP contribution is -2.15. The van der Waals surface area contributed by atoms with E-state index in [-0.39, 0.29) is 31.9 Å². The average Bonchev–Trinajstić information content (AvgIpc) is 2.33. The van der Waals surface area contributed by atoms with E-state index in [0.29, 0.717) is 0 Å². The van der Waals surface area contributed by atoms with Crippen molar-refractivity contribution in [1.82, 2.24) is 0 Å². The zero-order valence-electron chi connectivity index (χ0n) is 10.8. The van der Waals surface area contributed by atoms with Crippen molar-refractivity contribution in [3.63, 3.8) is 0 Å². The van der Waals surface area contributed by atoms with Crippen LogP contribution in [-0.4, -0.2) is 8.42 Å². The second kappa shape index (κ2) is 5.71. The molecular weight excluding hydrogens is 338 g/mol. The molecule has 0 bridgehead atoms. The van der Waals surface area contributed by atoms with E-state index in [1.165, 1.54) is 37.3 Å². The summed E-state index contributed by atoms with van der Waals surface area (Å²) in [4.78, 5) is -0.302. The van der Waals surface area contributed by atoms with Crippen LogP contribution in [0.25, 0.3) is 0 Å². The summed E-state index contributed by atoms with van der Waals surface area (Å²) in [6.45, 7) is 1.46. The molecule has 0 atom stereocenters. The number of nitrogen functional groups attached to an aromatic ring is 1. The van der Waals surface area contributed by atoms with Gasteiger partial charge in [-0.05, 0) is 31.2 Å². The molecule has 2 rings (SSSR count). The Balaban J connectivity index is 2.51. The van der Waals surface area contributed by atoms with E-state index in [1.54, 1.807) is 0 Å². The lowest BCUT2D eigenvalue weighted by Gasteiger charge is -2.13. The second-order valence-corrected chi connectivity index (χ2v) is 6.77. The lowest BCUT2D eigenvalue weighted by molar-refractivity contribution is 0.601. The van der Waals surface area contributed by atoms with Gasteiger partial charge in [-0.2, -0.15) is 0 Å². The third-order valence-electron chi connectivity index (χ3n) is 2.80. The van der Waals surface area contributed by atoms with Gasteiger partial charge in [0.05, 0.1) is 15.7 Å². The number of nitrogens with two attached hydrogens (primary N) is 1. The molecule has 0 aliphatic heterocycles. The minimum atomic E-state index is -4.07. The smallest absolute Gasteiger partial charge is 0.264 e. The monoisotopic (exact) mass is 348 g/mol. The number of hydrogen-bond acceptors (Lipinski definition) is 3. The van der Waals surface area contributed by atoms with E-state index in [2.05, 4.69) is 4.72 Å². The molecule has 3 N–H and O–H groups in total. The number of halogens is 3. The van der Waals surface area contributed by atoms with Gasteiger partial charge in [0.2, 0.25) is 0 Å². The molecule has 0 spiro atoms. The van der Waals surface area contributed by atoms with E-state index >= 15 is 0 Å². The van der Waals surface area contributed by atoms with Crippen LogP contribution in [0.5, 0.6) is 0 Å². The first-order valence-electron chi connectivity index (χ1n) is 5.75. The Morgan fingerprint density at radius 1 is 1.19 bits per heavy atom. The zero-order valence-corrected chi connectivity index (χ0v) is 13.2. The maximum atomic E-state index is 13.5. The van der Waals surface area contributed by atoms with Crippen LogP contribution in [0.1, 0.15) is 5.56 Å². The number of rotatable bonds is 3. The van der Waals surface area contributed by atoms with Crippen LogP contribution in [0.15, 0.2) is 35.2 Å². The maximum Gasteiger partial charge on any atom is 0.264 e. The van der Waals surface area contributed by atoms with Gasteiger partial charge in [0.25, 0.3) is 10.0 Å². The molecule has 0 aliphatic carbocycles. The van der Waals surface area contributed by atoms with Crippen molar-refractivity contribution in [3.05, 3.63) is 51.8 Å². The summed E-state index contributed by atoms with van der Waals surface area (Å²) < 4.78 is 40.5. The van der Waals surface area contributed by atoms with Crippen LogP contribution < -0.4 is 10.5 Å². The van der Waals surface area contributed by atoms with Crippen molar-refractivity contribution in [3.8, 4) is 0 Å². The van der Waals surface area contributed by atoms with Crippen LogP contribution in [-0.2, 0) is 10.0 Å². The van der Waals surface area contributed by atoms with Crippen molar-refractivity contribution in [2.24, 2.45) is 0 Å². The molecule has 0 fully saturated rings. The second-order valence-electron chi connectivity index (χ2n) is 4.33. The summed E-state index contributed by atoms with van der Waals surface area (Å²) in [5.41, 5.74) is 6.06. The van der Waals surface area contributed by atoms with E-state index in [4.69, 9.17) is 28.9 Å². The van der Waals surface area contributed by atoms with Crippen molar-refractivity contribution in [2.45, 2.75) is 11.8 Å². The van der Waals surface area contributed by atoms with Gasteiger partial charge in [-0.15, -0.1) is 0 Å². The van der Waals surface area contributed by atoms with Crippen molar-refractivity contribution < 1.29 is 12.8 Å². The molecule has 2 aromatic rings. The van der Waals surface area contributed by atoms with Crippen LogP contribution in [0.2, 0.25) is 10.0 Å². The van der Waals surface area contributed by atoms with Crippen molar-refractivity contribution in [2.75, 3.05) is 10.5 Å². The van der Waals surface area contributed by atoms with Gasteiger partial charge in [-0.25, -0.2) is 12.8 Å². The number of benzene rings is 2. The molecule has 0 saturated carbocycles.